The van der Waals surface area contributed by atoms with Crippen LogP contribution in [0.25, 0.3) is 0 Å². The number of allylic oxidation sites excluding steroid dienone is 4. The van der Waals surface area contributed by atoms with Gasteiger partial charge in [0.1, 0.15) is 5.40 Å². The molecule has 0 amide bonds. The molecule has 0 unspecified atom stereocenters. The molecule has 5 heteroatoms. The summed E-state index contributed by atoms with van der Waals surface area (Å²) in [4.78, 5) is 1.31. The normalized spacial score (nSPS) is 19.9. The predicted molar refractivity (Wildman–Crippen MR) is 65.3 cm³/mol. The monoisotopic (exact) mass is 240 g/mol. The summed E-state index contributed by atoms with van der Waals surface area (Å²) in [6.07, 6.45) is 8.55. The Kier molecular flexibility index (Phi) is 3.65. The van der Waals surface area contributed by atoms with Crippen LogP contribution in [0.2, 0.25) is 0 Å². The highest BCUT2D eigenvalue weighted by atomic mass is 32.2. The molecule has 2 rings (SSSR count). The number of nitriles is 1. The molecule has 14 heavy (non-hydrogen) atoms. The first kappa shape index (κ1) is 10.2. The summed E-state index contributed by atoms with van der Waals surface area (Å²) in [6.45, 7) is 0.943. The van der Waals surface area contributed by atoms with E-state index in [4.69, 9.17) is 5.26 Å². The Balaban J connectivity index is 1.86. The SMILES string of the molecule is N#CSCSN1CC=C2C=CC=C2S1. The fraction of sp³-hybridized carbons (Fsp3) is 0.222. The van der Waals surface area contributed by atoms with Crippen molar-refractivity contribution in [2.75, 3.05) is 11.6 Å². The molecule has 0 aromatic rings. The van der Waals surface area contributed by atoms with Crippen LogP contribution in [0, 0.1) is 10.7 Å². The molecule has 0 spiro atoms. The smallest absolute Gasteiger partial charge is 0.134 e. The lowest BCUT2D eigenvalue weighted by Crippen LogP contribution is -2.11. The molecule has 0 radical (unpaired) electrons. The van der Waals surface area contributed by atoms with Gasteiger partial charge in [-0.25, -0.2) is 0 Å². The van der Waals surface area contributed by atoms with Crippen molar-refractivity contribution in [1.82, 2.24) is 3.71 Å². The lowest BCUT2D eigenvalue weighted by atomic mass is 10.3. The van der Waals surface area contributed by atoms with Crippen LogP contribution in [0.3, 0.4) is 0 Å². The van der Waals surface area contributed by atoms with Crippen molar-refractivity contribution >= 4 is 35.7 Å². The second kappa shape index (κ2) is 4.99. The Morgan fingerprint density at radius 1 is 1.64 bits per heavy atom. The fourth-order valence-corrected chi connectivity index (χ4v) is 3.86. The lowest BCUT2D eigenvalue weighted by molar-refractivity contribution is 0.838. The summed E-state index contributed by atoms with van der Waals surface area (Å²) in [7, 11) is 0. The van der Waals surface area contributed by atoms with Gasteiger partial charge in [-0.15, -0.1) is 0 Å². The highest BCUT2D eigenvalue weighted by Crippen LogP contribution is 2.39. The van der Waals surface area contributed by atoms with E-state index in [1.807, 2.05) is 0 Å². The molecule has 72 valence electrons. The van der Waals surface area contributed by atoms with E-state index in [1.165, 1.54) is 22.2 Å². The summed E-state index contributed by atoms with van der Waals surface area (Å²) in [5, 5.41) is 11.3. The van der Waals surface area contributed by atoms with Gasteiger partial charge in [0.05, 0.1) is 5.08 Å². The number of rotatable bonds is 3. The maximum absolute atomic E-state index is 8.39. The molecule has 0 saturated carbocycles. The van der Waals surface area contributed by atoms with Gasteiger partial charge in [0.15, 0.2) is 0 Å². The number of nitrogens with zero attached hydrogens (tertiary/aromatic N) is 2. The molecular weight excluding hydrogens is 232 g/mol. The molecule has 0 N–H and O–H groups in total. The second-order valence-electron chi connectivity index (χ2n) is 2.64. The third-order valence-electron chi connectivity index (χ3n) is 1.79. The van der Waals surface area contributed by atoms with Crippen molar-refractivity contribution in [1.29, 1.82) is 5.26 Å². The Bertz CT molecular complexity index is 352. The zero-order chi connectivity index (χ0) is 9.80. The van der Waals surface area contributed by atoms with E-state index >= 15 is 0 Å². The predicted octanol–water partition coefficient (Wildman–Crippen LogP) is 3.15. The number of hydrogen-bond donors (Lipinski definition) is 0. The highest BCUT2D eigenvalue weighted by molar-refractivity contribution is 8.22. The van der Waals surface area contributed by atoms with Gasteiger partial charge >= 0.3 is 0 Å². The topological polar surface area (TPSA) is 27.0 Å². The largest absolute Gasteiger partial charge is 0.185 e. The molecule has 2 aliphatic rings. The minimum atomic E-state index is 0.799. The molecule has 0 aromatic carbocycles. The standard InChI is InChI=1S/C9H8N2S3/c10-6-12-7-13-11-5-4-8-2-1-3-9(8)14-11/h1-4H,5,7H2. The number of hydrogen-bond acceptors (Lipinski definition) is 5. The Labute approximate surface area is 96.4 Å². The van der Waals surface area contributed by atoms with E-state index in [1.54, 1.807) is 23.9 Å². The lowest BCUT2D eigenvalue weighted by Gasteiger charge is -2.22. The van der Waals surface area contributed by atoms with E-state index in [0.717, 1.165) is 11.6 Å². The number of fused-ring (bicyclic) bond motifs is 1. The zero-order valence-electron chi connectivity index (χ0n) is 7.34. The molecule has 1 aliphatic carbocycles. The molecular formula is C9H8N2S3. The summed E-state index contributed by atoms with van der Waals surface area (Å²) in [5.74, 6) is 0. The van der Waals surface area contributed by atoms with E-state index in [9.17, 15) is 0 Å². The first-order chi connectivity index (χ1) is 6.90. The van der Waals surface area contributed by atoms with E-state index in [-0.39, 0.29) is 0 Å². The van der Waals surface area contributed by atoms with E-state index in [2.05, 4.69) is 33.4 Å². The number of thioether (sulfide) groups is 1. The van der Waals surface area contributed by atoms with E-state index in [0.29, 0.717) is 0 Å². The van der Waals surface area contributed by atoms with Crippen molar-refractivity contribution in [3.63, 3.8) is 0 Å². The van der Waals surface area contributed by atoms with Crippen LogP contribution in [0.1, 0.15) is 0 Å². The van der Waals surface area contributed by atoms with Gasteiger partial charge in [-0.05, 0) is 35.4 Å². The van der Waals surface area contributed by atoms with Gasteiger partial charge < -0.3 is 0 Å². The Hall–Kier alpha value is -0.280. The summed E-state index contributed by atoms with van der Waals surface area (Å²) in [5.41, 5.74) is 1.33. The van der Waals surface area contributed by atoms with Gasteiger partial charge in [-0.3, -0.25) is 0 Å². The van der Waals surface area contributed by atoms with Crippen LogP contribution in [-0.4, -0.2) is 15.3 Å². The van der Waals surface area contributed by atoms with Crippen LogP contribution in [0.5, 0.6) is 0 Å². The van der Waals surface area contributed by atoms with Gasteiger partial charge in [-0.1, -0.05) is 30.2 Å². The van der Waals surface area contributed by atoms with Gasteiger partial charge in [0, 0.05) is 11.4 Å². The first-order valence-corrected chi connectivity index (χ1v) is 6.78. The molecule has 0 aromatic heterocycles. The molecule has 0 atom stereocenters. The minimum Gasteiger partial charge on any atom is -0.185 e. The summed E-state index contributed by atoms with van der Waals surface area (Å²) < 4.78 is 2.20. The molecule has 0 fully saturated rings. The van der Waals surface area contributed by atoms with Crippen LogP contribution >= 0.6 is 35.7 Å². The van der Waals surface area contributed by atoms with Gasteiger partial charge in [-0.2, -0.15) is 8.97 Å². The average molecular weight is 240 g/mol. The second-order valence-corrected chi connectivity index (χ2v) is 6.05. The maximum Gasteiger partial charge on any atom is 0.134 e. The molecule has 2 nitrogen and oxygen atoms in total. The van der Waals surface area contributed by atoms with Crippen LogP contribution < -0.4 is 0 Å². The van der Waals surface area contributed by atoms with Crippen LogP contribution in [0.4, 0.5) is 0 Å². The average Bonchev–Trinajstić information content (AvgIpc) is 2.65. The third-order valence-corrected chi connectivity index (χ3v) is 4.71. The molecule has 0 saturated heterocycles. The Morgan fingerprint density at radius 3 is 3.43 bits per heavy atom. The maximum atomic E-state index is 8.39. The van der Waals surface area contributed by atoms with Crippen molar-refractivity contribution in [3.8, 4) is 5.40 Å². The van der Waals surface area contributed by atoms with Crippen molar-refractivity contribution in [3.05, 3.63) is 34.8 Å². The number of thiocyanates is 1. The van der Waals surface area contributed by atoms with Gasteiger partial charge in [0.25, 0.3) is 0 Å². The third kappa shape index (κ3) is 2.39. The fourth-order valence-electron chi connectivity index (χ4n) is 1.18. The van der Waals surface area contributed by atoms with Gasteiger partial charge in [0.2, 0.25) is 0 Å². The highest BCUT2D eigenvalue weighted by Gasteiger charge is 2.18. The Morgan fingerprint density at radius 2 is 2.57 bits per heavy atom. The summed E-state index contributed by atoms with van der Waals surface area (Å²) >= 11 is 4.74. The summed E-state index contributed by atoms with van der Waals surface area (Å²) in [6, 6.07) is 0. The van der Waals surface area contributed by atoms with Crippen LogP contribution in [-0.2, 0) is 0 Å². The van der Waals surface area contributed by atoms with Crippen molar-refractivity contribution in [2.24, 2.45) is 0 Å². The van der Waals surface area contributed by atoms with Crippen molar-refractivity contribution in [2.45, 2.75) is 0 Å². The first-order valence-electron chi connectivity index (χ1n) is 4.08. The minimum absolute atomic E-state index is 0.799. The molecule has 1 aliphatic heterocycles. The van der Waals surface area contributed by atoms with Crippen LogP contribution in [0.15, 0.2) is 34.8 Å². The van der Waals surface area contributed by atoms with E-state index < -0.39 is 0 Å². The van der Waals surface area contributed by atoms with Crippen molar-refractivity contribution < 1.29 is 0 Å². The zero-order valence-corrected chi connectivity index (χ0v) is 9.79. The molecule has 1 heterocycles. The quantitative estimate of drug-likeness (QED) is 0.327. The molecule has 0 bridgehead atoms.